The summed E-state index contributed by atoms with van der Waals surface area (Å²) in [5.41, 5.74) is 2.52. The highest BCUT2D eigenvalue weighted by Gasteiger charge is 2.09. The van der Waals surface area contributed by atoms with Gasteiger partial charge in [0.2, 0.25) is 0 Å². The van der Waals surface area contributed by atoms with E-state index in [9.17, 15) is 9.65 Å². The molecule has 0 saturated heterocycles. The Morgan fingerprint density at radius 3 is 2.67 bits per heavy atom. The van der Waals surface area contributed by atoms with Crippen LogP contribution in [0.5, 0.6) is 5.75 Å². The molecule has 0 N–H and O–H groups in total. The van der Waals surface area contributed by atoms with Crippen LogP contribution >= 0.6 is 27.5 Å². The lowest BCUT2D eigenvalue weighted by atomic mass is 10.0. The minimum atomic E-state index is -0.308. The Kier molecular flexibility index (Phi) is 6.28. The summed E-state index contributed by atoms with van der Waals surface area (Å²) in [6.45, 7) is 0.216. The van der Waals surface area contributed by atoms with Gasteiger partial charge in [-0.05, 0) is 48.0 Å². The second kappa shape index (κ2) is 8.85. The Balaban J connectivity index is 1.94. The molecule has 3 aromatic rings. The lowest BCUT2D eigenvalue weighted by Crippen LogP contribution is -1.98. The second-order valence-electron chi connectivity index (χ2n) is 5.75. The average molecular weight is 443 g/mol. The highest BCUT2D eigenvalue weighted by Crippen LogP contribution is 2.30. The van der Waals surface area contributed by atoms with Crippen LogP contribution in [0.25, 0.3) is 11.6 Å². The average Bonchev–Trinajstić information content (AvgIpc) is 2.66. The van der Waals surface area contributed by atoms with E-state index in [1.807, 2.05) is 24.3 Å². The predicted octanol–water partition coefficient (Wildman–Crippen LogP) is 6.88. The molecule has 3 rings (SSSR count). The van der Waals surface area contributed by atoms with Gasteiger partial charge in [0.1, 0.15) is 18.2 Å². The lowest BCUT2D eigenvalue weighted by molar-refractivity contribution is 0.305. The Morgan fingerprint density at radius 1 is 1.11 bits per heavy atom. The number of nitrogens with zero attached hydrogens (tertiary/aromatic N) is 1. The van der Waals surface area contributed by atoms with Crippen LogP contribution in [0, 0.1) is 17.1 Å². The van der Waals surface area contributed by atoms with Crippen molar-refractivity contribution in [3.05, 3.63) is 98.7 Å². The SMILES string of the molecule is N#CC(=Cc1cc(Br)ccc1OCc1cccc(F)c1)c1ccccc1Cl. The molecule has 0 aliphatic rings. The van der Waals surface area contributed by atoms with E-state index in [4.69, 9.17) is 16.3 Å². The van der Waals surface area contributed by atoms with Gasteiger partial charge in [0.25, 0.3) is 0 Å². The molecule has 0 aliphatic heterocycles. The monoisotopic (exact) mass is 441 g/mol. The van der Waals surface area contributed by atoms with E-state index < -0.39 is 0 Å². The summed E-state index contributed by atoms with van der Waals surface area (Å²) in [5, 5.41) is 10.1. The van der Waals surface area contributed by atoms with Crippen LogP contribution < -0.4 is 4.74 Å². The highest BCUT2D eigenvalue weighted by atomic mass is 79.9. The van der Waals surface area contributed by atoms with Crippen molar-refractivity contribution in [3.8, 4) is 11.8 Å². The highest BCUT2D eigenvalue weighted by molar-refractivity contribution is 9.10. The van der Waals surface area contributed by atoms with Crippen LogP contribution in [0.15, 0.2) is 71.2 Å². The van der Waals surface area contributed by atoms with Gasteiger partial charge in [-0.15, -0.1) is 0 Å². The minimum Gasteiger partial charge on any atom is -0.488 e. The first-order valence-electron chi connectivity index (χ1n) is 8.10. The van der Waals surface area contributed by atoms with Crippen LogP contribution in [0.2, 0.25) is 5.02 Å². The van der Waals surface area contributed by atoms with Gasteiger partial charge in [0.05, 0.1) is 11.6 Å². The van der Waals surface area contributed by atoms with E-state index >= 15 is 0 Å². The fourth-order valence-corrected chi connectivity index (χ4v) is 3.17. The summed E-state index contributed by atoms with van der Waals surface area (Å²) in [7, 11) is 0. The molecule has 5 heteroatoms. The zero-order chi connectivity index (χ0) is 19.2. The summed E-state index contributed by atoms with van der Waals surface area (Å²) >= 11 is 9.66. The van der Waals surface area contributed by atoms with Gasteiger partial charge in [0.15, 0.2) is 0 Å². The van der Waals surface area contributed by atoms with Crippen LogP contribution in [0.4, 0.5) is 4.39 Å². The van der Waals surface area contributed by atoms with Crippen molar-refractivity contribution in [1.29, 1.82) is 5.26 Å². The molecule has 0 unspecified atom stereocenters. The summed E-state index contributed by atoms with van der Waals surface area (Å²) < 4.78 is 20.1. The first-order chi connectivity index (χ1) is 13.1. The fourth-order valence-electron chi connectivity index (χ4n) is 2.56. The zero-order valence-electron chi connectivity index (χ0n) is 14.1. The van der Waals surface area contributed by atoms with Gasteiger partial charge in [0, 0.05) is 20.6 Å². The maximum atomic E-state index is 13.3. The van der Waals surface area contributed by atoms with Crippen molar-refractivity contribution in [2.45, 2.75) is 6.61 Å². The van der Waals surface area contributed by atoms with Gasteiger partial charge in [-0.3, -0.25) is 0 Å². The van der Waals surface area contributed by atoms with Crippen molar-refractivity contribution in [2.24, 2.45) is 0 Å². The van der Waals surface area contributed by atoms with Crippen molar-refractivity contribution >= 4 is 39.2 Å². The number of ether oxygens (including phenoxy) is 1. The largest absolute Gasteiger partial charge is 0.488 e. The van der Waals surface area contributed by atoms with Crippen molar-refractivity contribution in [1.82, 2.24) is 0 Å². The topological polar surface area (TPSA) is 33.0 Å². The third-order valence-corrected chi connectivity index (χ3v) is 4.66. The molecule has 0 bridgehead atoms. The van der Waals surface area contributed by atoms with E-state index in [2.05, 4.69) is 22.0 Å². The van der Waals surface area contributed by atoms with Crippen molar-refractivity contribution < 1.29 is 9.13 Å². The Bertz CT molecular complexity index is 1040. The van der Waals surface area contributed by atoms with E-state index in [1.54, 1.807) is 36.4 Å². The smallest absolute Gasteiger partial charge is 0.127 e. The number of rotatable bonds is 5. The second-order valence-corrected chi connectivity index (χ2v) is 7.07. The van der Waals surface area contributed by atoms with Gasteiger partial charge >= 0.3 is 0 Å². The number of nitriles is 1. The summed E-state index contributed by atoms with van der Waals surface area (Å²) in [4.78, 5) is 0. The Morgan fingerprint density at radius 2 is 1.93 bits per heavy atom. The normalized spacial score (nSPS) is 11.1. The number of hydrogen-bond donors (Lipinski definition) is 0. The molecular weight excluding hydrogens is 429 g/mol. The molecule has 0 spiro atoms. The molecule has 2 nitrogen and oxygen atoms in total. The first kappa shape index (κ1) is 19.2. The van der Waals surface area contributed by atoms with Gasteiger partial charge < -0.3 is 4.74 Å². The van der Waals surface area contributed by atoms with Crippen molar-refractivity contribution in [3.63, 3.8) is 0 Å². The predicted molar refractivity (Wildman–Crippen MR) is 110 cm³/mol. The van der Waals surface area contributed by atoms with E-state index in [0.717, 1.165) is 15.6 Å². The lowest BCUT2D eigenvalue weighted by Gasteiger charge is -2.11. The first-order valence-corrected chi connectivity index (χ1v) is 9.27. The molecule has 134 valence electrons. The van der Waals surface area contributed by atoms with Gasteiger partial charge in [-0.25, -0.2) is 4.39 Å². The summed E-state index contributed by atoms with van der Waals surface area (Å²) in [5.74, 6) is 0.278. The van der Waals surface area contributed by atoms with Crippen LogP contribution in [0.1, 0.15) is 16.7 Å². The van der Waals surface area contributed by atoms with Gasteiger partial charge in [-0.2, -0.15) is 5.26 Å². The maximum Gasteiger partial charge on any atom is 0.127 e. The molecule has 0 aliphatic carbocycles. The third-order valence-electron chi connectivity index (χ3n) is 3.84. The van der Waals surface area contributed by atoms with Crippen LogP contribution in [-0.2, 0) is 6.61 Å². The molecule has 0 atom stereocenters. The quantitative estimate of drug-likeness (QED) is 0.318. The fraction of sp³-hybridized carbons (Fsp3) is 0.0455. The zero-order valence-corrected chi connectivity index (χ0v) is 16.5. The number of hydrogen-bond acceptors (Lipinski definition) is 2. The molecule has 0 saturated carbocycles. The van der Waals surface area contributed by atoms with E-state index in [0.29, 0.717) is 21.9 Å². The van der Waals surface area contributed by atoms with Crippen LogP contribution in [0.3, 0.4) is 0 Å². The molecule has 0 radical (unpaired) electrons. The number of benzene rings is 3. The van der Waals surface area contributed by atoms with Crippen LogP contribution in [-0.4, -0.2) is 0 Å². The third kappa shape index (κ3) is 4.97. The summed E-state index contributed by atoms with van der Waals surface area (Å²) in [6, 6.07) is 21.1. The number of halogens is 3. The molecule has 27 heavy (non-hydrogen) atoms. The standard InChI is InChI=1S/C22H14BrClFNO/c23-18-8-9-22(27-14-15-4-3-5-19(25)10-15)16(12-18)11-17(13-26)20-6-1-2-7-21(20)24/h1-12H,14H2. The Labute approximate surface area is 170 Å². The minimum absolute atomic E-state index is 0.216. The maximum absolute atomic E-state index is 13.3. The van der Waals surface area contributed by atoms with E-state index in [-0.39, 0.29) is 12.4 Å². The molecule has 0 fully saturated rings. The van der Waals surface area contributed by atoms with Crippen molar-refractivity contribution in [2.75, 3.05) is 0 Å². The Hall–Kier alpha value is -2.61. The molecule has 0 aromatic heterocycles. The van der Waals surface area contributed by atoms with Gasteiger partial charge in [-0.1, -0.05) is 57.9 Å². The molecule has 0 amide bonds. The number of allylic oxidation sites excluding steroid dienone is 1. The van der Waals surface area contributed by atoms with E-state index in [1.165, 1.54) is 12.1 Å². The summed E-state index contributed by atoms with van der Waals surface area (Å²) in [6.07, 6.45) is 1.73. The molecule has 0 heterocycles. The molecule has 3 aromatic carbocycles. The molecular formula is C22H14BrClFNO.